The summed E-state index contributed by atoms with van der Waals surface area (Å²) < 4.78 is 28.7. The molecule has 0 aliphatic rings. The summed E-state index contributed by atoms with van der Waals surface area (Å²) in [5.41, 5.74) is 0.461. The van der Waals surface area contributed by atoms with Crippen LogP contribution in [0, 0.1) is 10.1 Å². The number of benzene rings is 1. The summed E-state index contributed by atoms with van der Waals surface area (Å²) in [6, 6.07) is 2.91. The number of nitrogens with zero attached hydrogens (tertiary/aromatic N) is 1. The Morgan fingerprint density at radius 1 is 1.36 bits per heavy atom. The molecule has 1 amide bonds. The number of carbonyl (C=O) groups is 1. The van der Waals surface area contributed by atoms with Gasteiger partial charge in [0.05, 0.1) is 9.82 Å². The number of halogens is 1. The van der Waals surface area contributed by atoms with Crippen molar-refractivity contribution in [3.63, 3.8) is 0 Å². The molecule has 0 aliphatic carbocycles. The van der Waals surface area contributed by atoms with E-state index in [1.165, 1.54) is 0 Å². The average Bonchev–Trinajstić information content (AvgIpc) is 2.34. The Balaban J connectivity index is 2.90. The molecule has 122 valence electrons. The minimum Gasteiger partial charge on any atom is -0.443 e. The van der Waals surface area contributed by atoms with Gasteiger partial charge in [-0.3, -0.25) is 10.1 Å². The summed E-state index contributed by atoms with van der Waals surface area (Å²) in [6.07, 6.45) is -1.01. The van der Waals surface area contributed by atoms with E-state index in [0.29, 0.717) is 0 Å². The summed E-state index contributed by atoms with van der Waals surface area (Å²) in [4.78, 5) is 22.6. The lowest BCUT2D eigenvalue weighted by molar-refractivity contribution is -0.384. The molecule has 22 heavy (non-hydrogen) atoms. The van der Waals surface area contributed by atoms with Crippen LogP contribution in [-0.2, 0) is 14.8 Å². The first-order valence-corrected chi connectivity index (χ1v) is 7.73. The molecule has 0 bridgehead atoms. The van der Waals surface area contributed by atoms with Gasteiger partial charge >= 0.3 is 6.09 Å². The quantitative estimate of drug-likeness (QED) is 0.630. The van der Waals surface area contributed by atoms with Crippen molar-refractivity contribution < 1.29 is 22.9 Å². The fraction of sp³-hybridized carbons (Fsp3) is 0.364. The first kappa shape index (κ1) is 18.1. The highest BCUT2D eigenvalue weighted by atomic mass is 35.5. The van der Waals surface area contributed by atoms with E-state index >= 15 is 0 Å². The van der Waals surface area contributed by atoms with Crippen LogP contribution in [0.5, 0.6) is 0 Å². The Bertz CT molecular complexity index is 698. The van der Waals surface area contributed by atoms with Gasteiger partial charge < -0.3 is 4.74 Å². The fourth-order valence-corrected chi connectivity index (χ4v) is 2.31. The Labute approximate surface area is 131 Å². The monoisotopic (exact) mass is 351 g/mol. The molecule has 1 rings (SSSR count). The Morgan fingerprint density at radius 2 is 1.95 bits per heavy atom. The number of hydrogen-bond acceptors (Lipinski definition) is 6. The topological polar surface area (TPSA) is 128 Å². The maximum atomic E-state index is 11.9. The first-order chi connectivity index (χ1) is 9.92. The van der Waals surface area contributed by atoms with Crippen LogP contribution in [0.1, 0.15) is 20.8 Å². The van der Waals surface area contributed by atoms with Crippen LogP contribution in [-0.4, -0.2) is 25.0 Å². The molecule has 0 saturated carbocycles. The highest BCUT2D eigenvalue weighted by Gasteiger charge is 2.22. The average molecular weight is 352 g/mol. The molecular weight excluding hydrogens is 338 g/mol. The molecule has 0 atom stereocenters. The maximum absolute atomic E-state index is 11.9. The van der Waals surface area contributed by atoms with Gasteiger partial charge in [-0.05, 0) is 32.9 Å². The van der Waals surface area contributed by atoms with Crippen molar-refractivity contribution in [1.29, 1.82) is 0 Å². The highest BCUT2D eigenvalue weighted by Crippen LogP contribution is 2.26. The van der Waals surface area contributed by atoms with Gasteiger partial charge in [-0.25, -0.2) is 18.6 Å². The molecule has 1 aromatic rings. The van der Waals surface area contributed by atoms with E-state index in [4.69, 9.17) is 16.3 Å². The fourth-order valence-electron chi connectivity index (χ4n) is 1.27. The van der Waals surface area contributed by atoms with Gasteiger partial charge in [-0.15, -0.1) is 4.83 Å². The third-order valence-electron chi connectivity index (χ3n) is 2.11. The van der Waals surface area contributed by atoms with Crippen LogP contribution in [0.3, 0.4) is 0 Å². The van der Waals surface area contributed by atoms with Crippen molar-refractivity contribution in [2.24, 2.45) is 0 Å². The van der Waals surface area contributed by atoms with Gasteiger partial charge in [0.2, 0.25) is 0 Å². The van der Waals surface area contributed by atoms with Crippen LogP contribution in [0.4, 0.5) is 10.5 Å². The maximum Gasteiger partial charge on any atom is 0.423 e. The molecular formula is C11H14ClN3O6S. The van der Waals surface area contributed by atoms with Crippen molar-refractivity contribution in [2.75, 3.05) is 0 Å². The Hall–Kier alpha value is -1.91. The van der Waals surface area contributed by atoms with Gasteiger partial charge in [-0.1, -0.05) is 11.6 Å². The highest BCUT2D eigenvalue weighted by molar-refractivity contribution is 7.89. The van der Waals surface area contributed by atoms with E-state index in [0.717, 1.165) is 18.2 Å². The SMILES string of the molecule is CC(C)(C)OC(=O)NNS(=O)(=O)c1ccc(Cl)c([N+](=O)[O-])c1. The lowest BCUT2D eigenvalue weighted by Gasteiger charge is -2.19. The number of sulfonamides is 1. The summed E-state index contributed by atoms with van der Waals surface area (Å²) in [5.74, 6) is 0. The van der Waals surface area contributed by atoms with E-state index in [9.17, 15) is 23.3 Å². The molecule has 1 aromatic carbocycles. The molecule has 11 heteroatoms. The summed E-state index contributed by atoms with van der Waals surface area (Å²) >= 11 is 5.59. The molecule has 0 saturated heterocycles. The Kier molecular flexibility index (Phi) is 5.33. The van der Waals surface area contributed by atoms with E-state index < -0.39 is 37.2 Å². The van der Waals surface area contributed by atoms with Crippen LogP contribution < -0.4 is 10.3 Å². The van der Waals surface area contributed by atoms with Crippen molar-refractivity contribution in [3.05, 3.63) is 33.3 Å². The smallest absolute Gasteiger partial charge is 0.423 e. The summed E-state index contributed by atoms with van der Waals surface area (Å²) in [7, 11) is -4.21. The van der Waals surface area contributed by atoms with Gasteiger partial charge in [0.1, 0.15) is 10.6 Å². The van der Waals surface area contributed by atoms with E-state index in [2.05, 4.69) is 0 Å². The lowest BCUT2D eigenvalue weighted by atomic mass is 10.2. The molecule has 0 spiro atoms. The number of hydrazine groups is 1. The molecule has 2 N–H and O–H groups in total. The van der Waals surface area contributed by atoms with Gasteiger partial charge in [0.25, 0.3) is 15.7 Å². The normalized spacial score (nSPS) is 11.8. The predicted octanol–water partition coefficient (Wildman–Crippen LogP) is 1.97. The molecule has 0 aliphatic heterocycles. The number of nitro groups is 1. The number of carbonyl (C=O) groups excluding carboxylic acids is 1. The number of amides is 1. The molecule has 0 fully saturated rings. The van der Waals surface area contributed by atoms with Gasteiger partial charge in [0, 0.05) is 6.07 Å². The molecule has 0 radical (unpaired) electrons. The standard InChI is InChI=1S/C11H14ClN3O6S/c1-11(2,3)21-10(16)13-14-22(19,20)7-4-5-8(12)9(6-7)15(17)18/h4-6,14H,1-3H3,(H,13,16). The van der Waals surface area contributed by atoms with Gasteiger partial charge in [-0.2, -0.15) is 0 Å². The van der Waals surface area contributed by atoms with Gasteiger partial charge in [0.15, 0.2) is 0 Å². The third kappa shape index (κ3) is 5.13. The molecule has 0 heterocycles. The van der Waals surface area contributed by atoms with Crippen molar-refractivity contribution >= 4 is 33.4 Å². The van der Waals surface area contributed by atoms with Crippen molar-refractivity contribution in [2.45, 2.75) is 31.3 Å². The Morgan fingerprint density at radius 3 is 2.45 bits per heavy atom. The van der Waals surface area contributed by atoms with E-state index in [-0.39, 0.29) is 5.02 Å². The largest absolute Gasteiger partial charge is 0.443 e. The molecule has 0 aromatic heterocycles. The first-order valence-electron chi connectivity index (χ1n) is 5.87. The van der Waals surface area contributed by atoms with E-state index in [1.807, 2.05) is 5.43 Å². The number of rotatable bonds is 4. The van der Waals surface area contributed by atoms with Crippen molar-refractivity contribution in [3.8, 4) is 0 Å². The van der Waals surface area contributed by atoms with E-state index in [1.54, 1.807) is 25.6 Å². The second-order valence-corrected chi connectivity index (χ2v) is 7.19. The second-order valence-electron chi connectivity index (χ2n) is 5.10. The summed E-state index contributed by atoms with van der Waals surface area (Å²) in [6.45, 7) is 4.80. The number of nitro benzene ring substituents is 1. The zero-order chi connectivity index (χ0) is 17.1. The van der Waals surface area contributed by atoms with Crippen LogP contribution in [0.25, 0.3) is 0 Å². The van der Waals surface area contributed by atoms with Crippen LogP contribution in [0.2, 0.25) is 5.02 Å². The third-order valence-corrected chi connectivity index (χ3v) is 3.68. The minimum absolute atomic E-state index is 0.205. The minimum atomic E-state index is -4.21. The number of nitrogens with one attached hydrogen (secondary N) is 2. The molecule has 0 unspecified atom stereocenters. The summed E-state index contributed by atoms with van der Waals surface area (Å²) in [5, 5.41) is 10.5. The van der Waals surface area contributed by atoms with Crippen molar-refractivity contribution in [1.82, 2.24) is 10.3 Å². The zero-order valence-corrected chi connectivity index (χ0v) is 13.5. The molecule has 9 nitrogen and oxygen atoms in total. The van der Waals surface area contributed by atoms with Crippen LogP contribution in [0.15, 0.2) is 23.1 Å². The zero-order valence-electron chi connectivity index (χ0n) is 11.9. The predicted molar refractivity (Wildman–Crippen MR) is 77.8 cm³/mol. The van der Waals surface area contributed by atoms with Crippen LogP contribution >= 0.6 is 11.6 Å². The second kappa shape index (κ2) is 6.46. The number of ether oxygens (including phenoxy) is 1. The number of hydrogen-bond donors (Lipinski definition) is 2. The lowest BCUT2D eigenvalue weighted by Crippen LogP contribution is -2.44.